The van der Waals surface area contributed by atoms with Gasteiger partial charge in [-0.3, -0.25) is 0 Å². The lowest BCUT2D eigenvalue weighted by Gasteiger charge is -2.26. The fourth-order valence-corrected chi connectivity index (χ4v) is 2.61. The third-order valence-corrected chi connectivity index (χ3v) is 3.69. The number of rotatable bonds is 2. The van der Waals surface area contributed by atoms with Gasteiger partial charge in [0, 0.05) is 17.3 Å². The van der Waals surface area contributed by atoms with Crippen LogP contribution in [0.2, 0.25) is 0 Å². The molecule has 3 rings (SSSR count). The number of hydrogen-bond acceptors (Lipinski definition) is 5. The fraction of sp³-hybridized carbons (Fsp3) is 0.118. The summed E-state index contributed by atoms with van der Waals surface area (Å²) in [6.07, 6.45) is 0. The Balaban J connectivity index is 2.16. The number of fused-ring (bicyclic) bond motifs is 1. The van der Waals surface area contributed by atoms with Crippen molar-refractivity contribution in [2.75, 3.05) is 12.8 Å². The van der Waals surface area contributed by atoms with Crippen LogP contribution in [0.25, 0.3) is 0 Å². The van der Waals surface area contributed by atoms with Crippen molar-refractivity contribution < 1.29 is 9.47 Å². The molecule has 5 nitrogen and oxygen atoms in total. The molecule has 1 heterocycles. The number of hydrogen-bond donors (Lipinski definition) is 2. The number of nitrogens with two attached hydrogens (primary N) is 2. The summed E-state index contributed by atoms with van der Waals surface area (Å²) in [6.45, 7) is 0. The summed E-state index contributed by atoms with van der Waals surface area (Å²) >= 11 is 0. The predicted octanol–water partition coefficient (Wildman–Crippen LogP) is 2.50. The van der Waals surface area contributed by atoms with Crippen molar-refractivity contribution in [3.8, 4) is 17.6 Å². The monoisotopic (exact) mass is 293 g/mol. The molecule has 1 atom stereocenters. The first-order valence-electron chi connectivity index (χ1n) is 6.75. The number of benzene rings is 2. The molecule has 0 unspecified atom stereocenters. The van der Waals surface area contributed by atoms with Gasteiger partial charge in [0.25, 0.3) is 0 Å². The molecule has 0 saturated carbocycles. The second-order valence-corrected chi connectivity index (χ2v) is 5.00. The molecule has 0 aromatic heterocycles. The Labute approximate surface area is 128 Å². The van der Waals surface area contributed by atoms with Gasteiger partial charge in [-0.2, -0.15) is 5.26 Å². The van der Waals surface area contributed by atoms with Crippen LogP contribution in [0.1, 0.15) is 17.0 Å². The van der Waals surface area contributed by atoms with Gasteiger partial charge >= 0.3 is 0 Å². The highest BCUT2D eigenvalue weighted by Crippen LogP contribution is 2.42. The van der Waals surface area contributed by atoms with E-state index in [9.17, 15) is 5.26 Å². The van der Waals surface area contributed by atoms with Crippen molar-refractivity contribution in [2.24, 2.45) is 5.73 Å². The Morgan fingerprint density at radius 2 is 1.86 bits per heavy atom. The standard InChI is InChI=1S/C17H15N3O2/c1-21-12-5-2-10(3-6-12)16-13-7-4-11(19)8-15(13)22-17(20)14(16)9-18/h2-8,16H,19-20H2,1H3/t16-/m1/s1. The van der Waals surface area contributed by atoms with Gasteiger partial charge in [0.2, 0.25) is 5.88 Å². The Hall–Kier alpha value is -3.13. The summed E-state index contributed by atoms with van der Waals surface area (Å²) in [5, 5.41) is 9.46. The number of allylic oxidation sites excluding steroid dienone is 1. The molecule has 0 spiro atoms. The highest BCUT2D eigenvalue weighted by molar-refractivity contribution is 5.59. The maximum Gasteiger partial charge on any atom is 0.205 e. The minimum absolute atomic E-state index is 0.112. The first-order valence-corrected chi connectivity index (χ1v) is 6.75. The van der Waals surface area contributed by atoms with Crippen LogP contribution in [-0.2, 0) is 0 Å². The molecule has 4 N–H and O–H groups in total. The number of nitrogen functional groups attached to an aromatic ring is 1. The summed E-state index contributed by atoms with van der Waals surface area (Å²) in [6, 6.07) is 15.1. The highest BCUT2D eigenvalue weighted by atomic mass is 16.5. The summed E-state index contributed by atoms with van der Waals surface area (Å²) in [5.74, 6) is 1.17. The van der Waals surface area contributed by atoms with Crippen LogP contribution in [0.15, 0.2) is 53.9 Å². The Morgan fingerprint density at radius 1 is 1.14 bits per heavy atom. The zero-order valence-corrected chi connectivity index (χ0v) is 12.0. The molecule has 0 bridgehead atoms. The van der Waals surface area contributed by atoms with Crippen LogP contribution in [0.4, 0.5) is 5.69 Å². The number of anilines is 1. The molecule has 0 amide bonds. The number of nitriles is 1. The molecule has 22 heavy (non-hydrogen) atoms. The van der Waals surface area contributed by atoms with Crippen molar-refractivity contribution in [1.82, 2.24) is 0 Å². The van der Waals surface area contributed by atoms with E-state index >= 15 is 0 Å². The molecule has 2 aromatic carbocycles. The van der Waals surface area contributed by atoms with E-state index < -0.39 is 0 Å². The van der Waals surface area contributed by atoms with Gasteiger partial charge in [0.15, 0.2) is 0 Å². The molecule has 5 heteroatoms. The second kappa shape index (κ2) is 5.34. The quantitative estimate of drug-likeness (QED) is 0.830. The predicted molar refractivity (Wildman–Crippen MR) is 83.1 cm³/mol. The number of methoxy groups -OCH3 is 1. The topological polar surface area (TPSA) is 94.3 Å². The fourth-order valence-electron chi connectivity index (χ4n) is 2.61. The van der Waals surface area contributed by atoms with E-state index in [0.717, 1.165) is 16.9 Å². The van der Waals surface area contributed by atoms with Gasteiger partial charge in [-0.15, -0.1) is 0 Å². The van der Waals surface area contributed by atoms with Gasteiger partial charge in [-0.05, 0) is 23.8 Å². The van der Waals surface area contributed by atoms with E-state index in [1.165, 1.54) is 0 Å². The maximum absolute atomic E-state index is 9.46. The summed E-state index contributed by atoms with van der Waals surface area (Å²) in [4.78, 5) is 0. The van der Waals surface area contributed by atoms with E-state index in [4.69, 9.17) is 20.9 Å². The first kappa shape index (κ1) is 13.8. The molecule has 1 aliphatic rings. The maximum atomic E-state index is 9.46. The van der Waals surface area contributed by atoms with E-state index in [2.05, 4.69) is 6.07 Å². The smallest absolute Gasteiger partial charge is 0.205 e. The van der Waals surface area contributed by atoms with E-state index in [1.807, 2.05) is 30.3 Å². The van der Waals surface area contributed by atoms with Gasteiger partial charge in [-0.1, -0.05) is 18.2 Å². The molecule has 2 aromatic rings. The van der Waals surface area contributed by atoms with Crippen LogP contribution in [0.5, 0.6) is 11.5 Å². The minimum Gasteiger partial charge on any atom is -0.497 e. The van der Waals surface area contributed by atoms with Crippen molar-refractivity contribution >= 4 is 5.69 Å². The molecule has 1 aliphatic heterocycles. The molecule has 0 aliphatic carbocycles. The van der Waals surface area contributed by atoms with Crippen LogP contribution >= 0.6 is 0 Å². The van der Waals surface area contributed by atoms with E-state index in [0.29, 0.717) is 17.0 Å². The molecule has 0 saturated heterocycles. The van der Waals surface area contributed by atoms with Gasteiger partial charge in [0.1, 0.15) is 23.1 Å². The van der Waals surface area contributed by atoms with Crippen LogP contribution in [0, 0.1) is 11.3 Å². The largest absolute Gasteiger partial charge is 0.497 e. The zero-order chi connectivity index (χ0) is 15.7. The van der Waals surface area contributed by atoms with Crippen molar-refractivity contribution in [1.29, 1.82) is 5.26 Å². The van der Waals surface area contributed by atoms with Crippen molar-refractivity contribution in [3.63, 3.8) is 0 Å². The molecule has 0 fully saturated rings. The lowest BCUT2D eigenvalue weighted by atomic mass is 9.83. The van der Waals surface area contributed by atoms with Gasteiger partial charge in [-0.25, -0.2) is 0 Å². The highest BCUT2D eigenvalue weighted by Gasteiger charge is 2.30. The van der Waals surface area contributed by atoms with Crippen LogP contribution < -0.4 is 20.9 Å². The van der Waals surface area contributed by atoms with Gasteiger partial charge < -0.3 is 20.9 Å². The van der Waals surface area contributed by atoms with Crippen molar-refractivity contribution in [3.05, 3.63) is 65.0 Å². The summed E-state index contributed by atoms with van der Waals surface area (Å²) in [7, 11) is 1.61. The zero-order valence-electron chi connectivity index (χ0n) is 12.0. The second-order valence-electron chi connectivity index (χ2n) is 5.00. The van der Waals surface area contributed by atoms with E-state index in [1.54, 1.807) is 19.2 Å². The average Bonchev–Trinajstić information content (AvgIpc) is 2.53. The first-order chi connectivity index (χ1) is 10.6. The third kappa shape index (κ3) is 2.21. The summed E-state index contributed by atoms with van der Waals surface area (Å²) < 4.78 is 10.7. The number of nitrogens with zero attached hydrogens (tertiary/aromatic N) is 1. The third-order valence-electron chi connectivity index (χ3n) is 3.69. The molecule has 110 valence electrons. The molecular weight excluding hydrogens is 278 g/mol. The minimum atomic E-state index is -0.278. The molecular formula is C17H15N3O2. The Bertz CT molecular complexity index is 789. The normalized spacial score (nSPS) is 16.5. The van der Waals surface area contributed by atoms with Crippen LogP contribution in [-0.4, -0.2) is 7.11 Å². The number of ether oxygens (including phenoxy) is 2. The Kier molecular flexibility index (Phi) is 3.36. The lowest BCUT2D eigenvalue weighted by molar-refractivity contribution is 0.394. The lowest BCUT2D eigenvalue weighted by Crippen LogP contribution is -2.21. The Morgan fingerprint density at radius 3 is 2.50 bits per heavy atom. The average molecular weight is 293 g/mol. The van der Waals surface area contributed by atoms with Crippen molar-refractivity contribution in [2.45, 2.75) is 5.92 Å². The van der Waals surface area contributed by atoms with Crippen LogP contribution in [0.3, 0.4) is 0 Å². The molecule has 0 radical (unpaired) electrons. The summed E-state index contributed by atoms with van der Waals surface area (Å²) in [5.41, 5.74) is 14.5. The van der Waals surface area contributed by atoms with Gasteiger partial charge in [0.05, 0.1) is 13.0 Å². The van der Waals surface area contributed by atoms with E-state index in [-0.39, 0.29) is 11.8 Å². The SMILES string of the molecule is COc1ccc([C@H]2C(C#N)=C(N)Oc3cc(N)ccc32)cc1.